The third kappa shape index (κ3) is 3.72. The van der Waals surface area contributed by atoms with Crippen LogP contribution in [0.25, 0.3) is 0 Å². The van der Waals surface area contributed by atoms with Crippen molar-refractivity contribution in [3.8, 4) is 0 Å². The first-order valence-electron chi connectivity index (χ1n) is 8.37. The average molecular weight is 316 g/mol. The molecule has 21 heavy (non-hydrogen) atoms. The summed E-state index contributed by atoms with van der Waals surface area (Å²) in [5.41, 5.74) is 0. The fraction of sp³-hybridized carbons (Fsp3) is 0.938. The van der Waals surface area contributed by atoms with Gasteiger partial charge in [-0.15, -0.1) is 12.4 Å². The second kappa shape index (κ2) is 7.30. The number of piperidine rings is 3. The van der Waals surface area contributed by atoms with Gasteiger partial charge in [0.1, 0.15) is 0 Å². The standard InChI is InChI=1S/C16H29N3O.ClH/c1-12-10-13(5-7-17-12)16(20)19-9-6-15-14(11-19)4-3-8-18(15)2;/h12-15,17H,3-11H2,1-2H3;1H/t12-,13-,14?,15?;/m0./s1. The molecule has 0 radical (unpaired) electrons. The van der Waals surface area contributed by atoms with E-state index in [0.29, 0.717) is 17.9 Å². The summed E-state index contributed by atoms with van der Waals surface area (Å²) >= 11 is 0. The van der Waals surface area contributed by atoms with E-state index in [0.717, 1.165) is 38.5 Å². The topological polar surface area (TPSA) is 35.6 Å². The van der Waals surface area contributed by atoms with E-state index in [1.807, 2.05) is 0 Å². The molecule has 122 valence electrons. The van der Waals surface area contributed by atoms with Gasteiger partial charge in [-0.2, -0.15) is 0 Å². The molecule has 0 aliphatic carbocycles. The molecule has 4 nitrogen and oxygen atoms in total. The van der Waals surface area contributed by atoms with Crippen LogP contribution in [0.3, 0.4) is 0 Å². The maximum absolute atomic E-state index is 12.7. The minimum Gasteiger partial charge on any atom is -0.342 e. The first-order valence-corrected chi connectivity index (χ1v) is 8.37. The van der Waals surface area contributed by atoms with Crippen LogP contribution in [0.2, 0.25) is 0 Å². The molecule has 3 heterocycles. The van der Waals surface area contributed by atoms with E-state index in [4.69, 9.17) is 0 Å². The predicted molar refractivity (Wildman–Crippen MR) is 87.8 cm³/mol. The average Bonchev–Trinajstić information content (AvgIpc) is 2.46. The van der Waals surface area contributed by atoms with Crippen molar-refractivity contribution < 1.29 is 4.79 Å². The Hall–Kier alpha value is -0.320. The van der Waals surface area contributed by atoms with Crippen LogP contribution < -0.4 is 5.32 Å². The van der Waals surface area contributed by atoms with E-state index < -0.39 is 0 Å². The van der Waals surface area contributed by atoms with Gasteiger partial charge in [0, 0.05) is 31.1 Å². The second-order valence-electron chi connectivity index (χ2n) is 7.10. The van der Waals surface area contributed by atoms with Crippen molar-refractivity contribution in [3.05, 3.63) is 0 Å². The Morgan fingerprint density at radius 1 is 1.19 bits per heavy atom. The van der Waals surface area contributed by atoms with E-state index in [1.54, 1.807) is 0 Å². The van der Waals surface area contributed by atoms with Gasteiger partial charge in [-0.05, 0) is 65.1 Å². The second-order valence-corrected chi connectivity index (χ2v) is 7.10. The Morgan fingerprint density at radius 2 is 2.00 bits per heavy atom. The number of nitrogens with one attached hydrogen (secondary N) is 1. The number of nitrogens with zero attached hydrogens (tertiary/aromatic N) is 2. The molecule has 3 saturated heterocycles. The Bertz CT molecular complexity index is 365. The molecular formula is C16H30ClN3O. The van der Waals surface area contributed by atoms with Crippen molar-refractivity contribution in [3.63, 3.8) is 0 Å². The number of halogens is 1. The van der Waals surface area contributed by atoms with Crippen LogP contribution in [0, 0.1) is 11.8 Å². The molecule has 4 atom stereocenters. The summed E-state index contributed by atoms with van der Waals surface area (Å²) in [6.45, 7) is 6.41. The number of carbonyl (C=O) groups excluding carboxylic acids is 1. The quantitative estimate of drug-likeness (QED) is 0.800. The fourth-order valence-corrected chi connectivity index (χ4v) is 4.47. The molecule has 0 aromatic heterocycles. The number of rotatable bonds is 1. The minimum atomic E-state index is 0. The highest BCUT2D eigenvalue weighted by Gasteiger charge is 2.37. The molecule has 0 aromatic rings. The Kier molecular flexibility index (Phi) is 5.92. The predicted octanol–water partition coefficient (Wildman–Crippen LogP) is 1.74. The van der Waals surface area contributed by atoms with E-state index in [9.17, 15) is 4.79 Å². The van der Waals surface area contributed by atoms with E-state index in [-0.39, 0.29) is 18.3 Å². The Labute approximate surface area is 135 Å². The summed E-state index contributed by atoms with van der Waals surface area (Å²) < 4.78 is 0. The van der Waals surface area contributed by atoms with Crippen LogP contribution in [0.1, 0.15) is 39.0 Å². The SMILES string of the molecule is C[C@H]1C[C@@H](C(=O)N2CCC3C(CCCN3C)C2)CCN1.Cl. The lowest BCUT2D eigenvalue weighted by Crippen LogP contribution is -2.55. The number of fused-ring (bicyclic) bond motifs is 1. The van der Waals surface area contributed by atoms with Crippen molar-refractivity contribution in [2.75, 3.05) is 33.2 Å². The summed E-state index contributed by atoms with van der Waals surface area (Å²) in [5.74, 6) is 1.42. The summed E-state index contributed by atoms with van der Waals surface area (Å²) in [6, 6.07) is 1.22. The maximum Gasteiger partial charge on any atom is 0.225 e. The molecular weight excluding hydrogens is 286 g/mol. The zero-order valence-electron chi connectivity index (χ0n) is 13.4. The smallest absolute Gasteiger partial charge is 0.225 e. The monoisotopic (exact) mass is 315 g/mol. The lowest BCUT2D eigenvalue weighted by Gasteiger charge is -2.46. The lowest BCUT2D eigenvalue weighted by atomic mass is 9.83. The molecule has 1 amide bonds. The highest BCUT2D eigenvalue weighted by atomic mass is 35.5. The molecule has 3 aliphatic heterocycles. The van der Waals surface area contributed by atoms with Crippen LogP contribution in [-0.2, 0) is 4.79 Å². The molecule has 3 aliphatic rings. The molecule has 0 aromatic carbocycles. The van der Waals surface area contributed by atoms with Crippen molar-refractivity contribution in [2.45, 2.75) is 51.1 Å². The summed E-state index contributed by atoms with van der Waals surface area (Å²) in [6.07, 6.45) is 5.82. The Balaban J connectivity index is 0.00000161. The van der Waals surface area contributed by atoms with Gasteiger partial charge in [-0.25, -0.2) is 0 Å². The number of hydrogen-bond donors (Lipinski definition) is 1. The highest BCUT2D eigenvalue weighted by Crippen LogP contribution is 2.31. The van der Waals surface area contributed by atoms with Crippen LogP contribution in [-0.4, -0.2) is 61.0 Å². The van der Waals surface area contributed by atoms with Crippen LogP contribution in [0.15, 0.2) is 0 Å². The summed E-state index contributed by atoms with van der Waals surface area (Å²) in [7, 11) is 2.25. The molecule has 2 unspecified atom stereocenters. The summed E-state index contributed by atoms with van der Waals surface area (Å²) in [5, 5.41) is 3.44. The third-order valence-corrected chi connectivity index (χ3v) is 5.63. The first-order chi connectivity index (χ1) is 9.65. The van der Waals surface area contributed by atoms with Crippen molar-refractivity contribution >= 4 is 18.3 Å². The summed E-state index contributed by atoms with van der Waals surface area (Å²) in [4.78, 5) is 17.4. The van der Waals surface area contributed by atoms with Crippen LogP contribution >= 0.6 is 12.4 Å². The molecule has 1 N–H and O–H groups in total. The van der Waals surface area contributed by atoms with E-state index in [1.165, 1.54) is 25.8 Å². The third-order valence-electron chi connectivity index (χ3n) is 5.63. The van der Waals surface area contributed by atoms with Gasteiger partial charge in [-0.3, -0.25) is 4.79 Å². The van der Waals surface area contributed by atoms with Crippen LogP contribution in [0.4, 0.5) is 0 Å². The highest BCUT2D eigenvalue weighted by molar-refractivity contribution is 5.85. The van der Waals surface area contributed by atoms with Crippen LogP contribution in [0.5, 0.6) is 0 Å². The zero-order chi connectivity index (χ0) is 14.1. The van der Waals surface area contributed by atoms with Gasteiger partial charge in [-0.1, -0.05) is 0 Å². The minimum absolute atomic E-state index is 0. The molecule has 3 fully saturated rings. The molecule has 0 saturated carbocycles. The number of hydrogen-bond acceptors (Lipinski definition) is 3. The number of likely N-dealkylation sites (tertiary alicyclic amines) is 2. The van der Waals surface area contributed by atoms with Gasteiger partial charge in [0.15, 0.2) is 0 Å². The van der Waals surface area contributed by atoms with Gasteiger partial charge in [0.05, 0.1) is 0 Å². The van der Waals surface area contributed by atoms with Gasteiger partial charge < -0.3 is 15.1 Å². The number of amides is 1. The van der Waals surface area contributed by atoms with Crippen molar-refractivity contribution in [2.24, 2.45) is 11.8 Å². The van der Waals surface area contributed by atoms with Gasteiger partial charge >= 0.3 is 0 Å². The molecule has 0 bridgehead atoms. The van der Waals surface area contributed by atoms with Crippen molar-refractivity contribution in [1.82, 2.24) is 15.1 Å². The lowest BCUT2D eigenvalue weighted by molar-refractivity contribution is -0.140. The molecule has 3 rings (SSSR count). The fourth-order valence-electron chi connectivity index (χ4n) is 4.47. The van der Waals surface area contributed by atoms with E-state index >= 15 is 0 Å². The first kappa shape index (κ1) is 17.0. The number of carbonyl (C=O) groups is 1. The molecule has 0 spiro atoms. The van der Waals surface area contributed by atoms with Gasteiger partial charge in [0.25, 0.3) is 0 Å². The molecule has 5 heteroatoms. The zero-order valence-corrected chi connectivity index (χ0v) is 14.2. The maximum atomic E-state index is 12.7. The Morgan fingerprint density at radius 3 is 2.76 bits per heavy atom. The normalized spacial score (nSPS) is 37.5. The van der Waals surface area contributed by atoms with Gasteiger partial charge in [0.2, 0.25) is 5.91 Å². The largest absolute Gasteiger partial charge is 0.342 e. The van der Waals surface area contributed by atoms with Crippen molar-refractivity contribution in [1.29, 1.82) is 0 Å². The van der Waals surface area contributed by atoms with E-state index in [2.05, 4.69) is 29.1 Å².